The van der Waals surface area contributed by atoms with Crippen molar-refractivity contribution in [2.45, 2.75) is 113 Å². The zero-order valence-corrected chi connectivity index (χ0v) is 34.2. The van der Waals surface area contributed by atoms with Gasteiger partial charge in [-0.3, -0.25) is 9.78 Å². The van der Waals surface area contributed by atoms with Crippen LogP contribution in [0.25, 0.3) is 44.5 Å². The molecule has 0 saturated heterocycles. The Morgan fingerprint density at radius 2 is 1.54 bits per heavy atom. The number of aliphatic hydroxyl groups excluding tert-OH is 1. The molecule has 1 radical (unpaired) electrons. The van der Waals surface area contributed by atoms with Gasteiger partial charge in [-0.2, -0.15) is 0 Å². The van der Waals surface area contributed by atoms with Crippen molar-refractivity contribution in [3.63, 3.8) is 0 Å². The number of hydrogen-bond acceptors (Lipinski definition) is 4. The molecule has 0 unspecified atom stereocenters. The van der Waals surface area contributed by atoms with Crippen molar-refractivity contribution in [3.05, 3.63) is 99.8 Å². The number of benzene rings is 3. The summed E-state index contributed by atoms with van der Waals surface area (Å²) in [6.45, 7) is 23.7. The molecule has 0 atom stereocenters. The van der Waals surface area contributed by atoms with Crippen molar-refractivity contribution in [3.8, 4) is 22.6 Å². The van der Waals surface area contributed by atoms with Crippen LogP contribution in [0, 0.1) is 38.7 Å². The molecule has 2 aromatic heterocycles. The van der Waals surface area contributed by atoms with E-state index in [0.717, 1.165) is 59.4 Å². The van der Waals surface area contributed by atoms with Gasteiger partial charge in [0.2, 0.25) is 0 Å². The predicted molar refractivity (Wildman–Crippen MR) is 206 cm³/mol. The van der Waals surface area contributed by atoms with Crippen LogP contribution in [0.5, 0.6) is 0 Å². The number of carbonyl (C=O) groups is 1. The Bertz CT molecular complexity index is 2040. The summed E-state index contributed by atoms with van der Waals surface area (Å²) in [4.78, 5) is 16.9. The third-order valence-corrected chi connectivity index (χ3v) is 10.7. The molecule has 2 heterocycles. The minimum Gasteiger partial charge on any atom is -0.512 e. The molecule has 1 N–H and O–H groups in total. The second-order valence-corrected chi connectivity index (χ2v) is 14.8. The standard InChI is InChI=1S/C32H30NO.C13H24O2.Ir/c1-17(2)21-11-12-27-24(16-21)30-31(34-27)23-10-8-9-22(29(23)32(30,6)7)25-15-20(5)28-19(4)13-18(3)14-26(28)33-25;1-5-10(6-2)12(14)9-13(15)11(7-3)8-4;/h8,10-17H,1-7H3;9-11,14H,5-8H2,1-4H3;/q-1;;/b;12-9-;. The average Bonchev–Trinajstić information content (AvgIpc) is 3.54. The van der Waals surface area contributed by atoms with Crippen molar-refractivity contribution in [2.24, 2.45) is 11.8 Å². The zero-order valence-electron chi connectivity index (χ0n) is 31.8. The van der Waals surface area contributed by atoms with Crippen LogP contribution in [0.4, 0.5) is 0 Å². The molecular weight excluding hydrogens is 795 g/mol. The van der Waals surface area contributed by atoms with Gasteiger partial charge in [-0.25, -0.2) is 0 Å². The van der Waals surface area contributed by atoms with E-state index >= 15 is 0 Å². The molecule has 0 spiro atoms. The van der Waals surface area contributed by atoms with Crippen molar-refractivity contribution >= 4 is 27.7 Å². The third kappa shape index (κ3) is 7.28. The van der Waals surface area contributed by atoms with Crippen LogP contribution in [0.3, 0.4) is 0 Å². The van der Waals surface area contributed by atoms with Gasteiger partial charge in [0.15, 0.2) is 5.78 Å². The Kier molecular flexibility index (Phi) is 12.4. The Morgan fingerprint density at radius 3 is 2.16 bits per heavy atom. The van der Waals surface area contributed by atoms with Crippen LogP contribution in [-0.2, 0) is 30.3 Å². The average molecular weight is 849 g/mol. The second kappa shape index (κ2) is 15.8. The summed E-state index contributed by atoms with van der Waals surface area (Å²) in [6, 6.07) is 21.0. The number of aromatic nitrogens is 1. The Labute approximate surface area is 313 Å². The fourth-order valence-corrected chi connectivity index (χ4v) is 7.84. The van der Waals surface area contributed by atoms with E-state index < -0.39 is 0 Å². The largest absolute Gasteiger partial charge is 0.512 e. The SMILES string of the molecule is CCC(CC)C(=O)/C=C(\O)C(CC)CC.Cc1cc(C)c2c(C)cc(-c3[c-]ccc4c3C(C)(C)c3c-4oc4ccc(C(C)C)cc34)nc2c1.[Ir]. The van der Waals surface area contributed by atoms with Crippen molar-refractivity contribution in [1.29, 1.82) is 0 Å². The van der Waals surface area contributed by atoms with E-state index in [1.807, 2.05) is 33.8 Å². The number of fused-ring (bicyclic) bond motifs is 6. The molecular formula is C45H54IrNO3-. The summed E-state index contributed by atoms with van der Waals surface area (Å²) in [5.74, 6) is 2.02. The Hall–Kier alpha value is -3.53. The number of aryl methyl sites for hydroxylation is 3. The predicted octanol–water partition coefficient (Wildman–Crippen LogP) is 12.7. The molecule has 5 heteroatoms. The first-order chi connectivity index (χ1) is 23.3. The number of ketones is 1. The van der Waals surface area contributed by atoms with E-state index in [1.165, 1.54) is 50.2 Å². The molecule has 0 bridgehead atoms. The maximum absolute atomic E-state index is 11.7. The number of furan rings is 1. The maximum atomic E-state index is 11.7. The number of allylic oxidation sites excluding steroid dienone is 2. The van der Waals surface area contributed by atoms with Crippen LogP contribution in [0.1, 0.15) is 120 Å². The molecule has 6 rings (SSSR count). The van der Waals surface area contributed by atoms with Gasteiger partial charge in [0.25, 0.3) is 0 Å². The Morgan fingerprint density at radius 1 is 0.900 bits per heavy atom. The van der Waals surface area contributed by atoms with E-state index in [-0.39, 0.29) is 48.9 Å². The van der Waals surface area contributed by atoms with Crippen LogP contribution in [-0.4, -0.2) is 15.9 Å². The van der Waals surface area contributed by atoms with Gasteiger partial charge < -0.3 is 9.52 Å². The molecule has 0 fully saturated rings. The maximum Gasteiger partial charge on any atom is 0.162 e. The summed E-state index contributed by atoms with van der Waals surface area (Å²) in [7, 11) is 0. The van der Waals surface area contributed by atoms with Gasteiger partial charge in [-0.1, -0.05) is 79.2 Å². The normalized spacial score (nSPS) is 13.4. The molecule has 4 nitrogen and oxygen atoms in total. The van der Waals surface area contributed by atoms with E-state index in [4.69, 9.17) is 9.40 Å². The fraction of sp³-hybridized carbons (Fsp3) is 0.422. The molecule has 5 aromatic rings. The molecule has 0 amide bonds. The monoisotopic (exact) mass is 849 g/mol. The first-order valence-corrected chi connectivity index (χ1v) is 18.2. The minimum absolute atomic E-state index is 0. The first-order valence-electron chi connectivity index (χ1n) is 18.2. The number of rotatable bonds is 9. The number of carbonyl (C=O) groups excluding carboxylic acids is 1. The fourth-order valence-electron chi connectivity index (χ4n) is 7.84. The van der Waals surface area contributed by atoms with Crippen LogP contribution in [0.2, 0.25) is 0 Å². The van der Waals surface area contributed by atoms with E-state index in [0.29, 0.717) is 5.92 Å². The van der Waals surface area contributed by atoms with E-state index in [2.05, 4.69) is 97.0 Å². The summed E-state index contributed by atoms with van der Waals surface area (Å²) in [6.07, 6.45) is 4.91. The summed E-state index contributed by atoms with van der Waals surface area (Å²) < 4.78 is 6.49. The molecule has 0 saturated carbocycles. The van der Waals surface area contributed by atoms with Gasteiger partial charge >= 0.3 is 0 Å². The van der Waals surface area contributed by atoms with Gasteiger partial charge in [-0.15, -0.1) is 29.3 Å². The van der Waals surface area contributed by atoms with Crippen LogP contribution >= 0.6 is 0 Å². The molecule has 3 aromatic carbocycles. The third-order valence-electron chi connectivity index (χ3n) is 10.7. The van der Waals surface area contributed by atoms with Gasteiger partial charge in [0, 0.05) is 54.4 Å². The van der Waals surface area contributed by atoms with Crippen molar-refractivity contribution in [1.82, 2.24) is 4.98 Å². The van der Waals surface area contributed by atoms with Crippen molar-refractivity contribution in [2.75, 3.05) is 0 Å². The summed E-state index contributed by atoms with van der Waals surface area (Å²) >= 11 is 0. The van der Waals surface area contributed by atoms with E-state index in [9.17, 15) is 9.90 Å². The van der Waals surface area contributed by atoms with Gasteiger partial charge in [0.1, 0.15) is 11.3 Å². The molecule has 50 heavy (non-hydrogen) atoms. The molecule has 1 aliphatic rings. The first kappa shape index (κ1) is 39.3. The van der Waals surface area contributed by atoms with Crippen molar-refractivity contribution < 1.29 is 34.4 Å². The summed E-state index contributed by atoms with van der Waals surface area (Å²) in [5, 5.41) is 12.2. The van der Waals surface area contributed by atoms with Gasteiger partial charge in [-0.05, 0) is 104 Å². The number of aliphatic hydroxyl groups is 1. The second-order valence-electron chi connectivity index (χ2n) is 14.8. The molecule has 0 aliphatic heterocycles. The van der Waals surface area contributed by atoms with Gasteiger partial charge in [0.05, 0.1) is 11.3 Å². The smallest absolute Gasteiger partial charge is 0.162 e. The summed E-state index contributed by atoms with van der Waals surface area (Å²) in [5.41, 5.74) is 12.7. The minimum atomic E-state index is -0.217. The zero-order chi connectivity index (χ0) is 35.8. The van der Waals surface area contributed by atoms with Crippen LogP contribution < -0.4 is 0 Å². The molecule has 267 valence electrons. The van der Waals surface area contributed by atoms with E-state index in [1.54, 1.807) is 0 Å². The Balaban J connectivity index is 0.000000301. The number of pyridine rings is 1. The topological polar surface area (TPSA) is 63.3 Å². The quantitative estimate of drug-likeness (QED) is 0.0912. The number of hydrogen-bond donors (Lipinski definition) is 1. The molecule has 1 aliphatic carbocycles. The van der Waals surface area contributed by atoms with Crippen LogP contribution in [0.15, 0.2) is 64.8 Å². The number of nitrogens with zero attached hydrogens (tertiary/aromatic N) is 1.